The first-order chi connectivity index (χ1) is 10.1. The lowest BCUT2D eigenvalue weighted by atomic mass is 10.2. The molecule has 2 aromatic rings. The van der Waals surface area contributed by atoms with E-state index in [2.05, 4.69) is 10.3 Å². The summed E-state index contributed by atoms with van der Waals surface area (Å²) in [7, 11) is 5.18. The molecule has 22 heavy (non-hydrogen) atoms. The quantitative estimate of drug-likeness (QED) is 0.447. The van der Waals surface area contributed by atoms with Gasteiger partial charge < -0.3 is 25.1 Å². The molecule has 0 spiro atoms. The molecule has 0 amide bonds. The molecule has 1 heterocycles. The summed E-state index contributed by atoms with van der Waals surface area (Å²) >= 11 is 0. The molecule has 0 atom stereocenters. The number of aryl methyl sites for hydroxylation is 1. The van der Waals surface area contributed by atoms with Crippen LogP contribution in [0.2, 0.25) is 0 Å². The minimum absolute atomic E-state index is 0. The Labute approximate surface area is 147 Å². The van der Waals surface area contributed by atoms with Crippen molar-refractivity contribution in [2.75, 3.05) is 19.5 Å². The monoisotopic (exact) mass is 416 g/mol. The van der Waals surface area contributed by atoms with Gasteiger partial charge in [0.15, 0.2) is 5.96 Å². The van der Waals surface area contributed by atoms with Gasteiger partial charge in [0.25, 0.3) is 0 Å². The van der Waals surface area contributed by atoms with E-state index in [0.29, 0.717) is 29.7 Å². The highest BCUT2D eigenvalue weighted by Crippen LogP contribution is 2.28. The van der Waals surface area contributed by atoms with Crippen molar-refractivity contribution in [2.45, 2.75) is 6.54 Å². The predicted molar refractivity (Wildman–Crippen MR) is 99.3 cm³/mol. The molecule has 0 bridgehead atoms. The van der Waals surface area contributed by atoms with Gasteiger partial charge >= 0.3 is 0 Å². The molecule has 0 aliphatic heterocycles. The SMILES string of the molecule is COc1ccc(OC)c(NC(N)=NCc2cccn2C)c1.I. The smallest absolute Gasteiger partial charge is 0.193 e. The molecular weight excluding hydrogens is 395 g/mol. The van der Waals surface area contributed by atoms with Crippen molar-refractivity contribution in [1.29, 1.82) is 0 Å². The Morgan fingerprint density at radius 1 is 1.27 bits per heavy atom. The maximum absolute atomic E-state index is 5.92. The molecule has 0 saturated heterocycles. The Kier molecular flexibility index (Phi) is 7.03. The number of aromatic nitrogens is 1. The highest BCUT2D eigenvalue weighted by Gasteiger charge is 2.06. The van der Waals surface area contributed by atoms with Gasteiger partial charge in [0, 0.05) is 25.0 Å². The molecule has 3 N–H and O–H groups in total. The van der Waals surface area contributed by atoms with Gasteiger partial charge in [-0.1, -0.05) is 0 Å². The summed E-state index contributed by atoms with van der Waals surface area (Å²) in [6.07, 6.45) is 1.97. The minimum atomic E-state index is 0. The second-order valence-electron chi connectivity index (χ2n) is 4.50. The fourth-order valence-electron chi connectivity index (χ4n) is 1.92. The second kappa shape index (κ2) is 8.52. The van der Waals surface area contributed by atoms with Crippen LogP contribution in [0.25, 0.3) is 0 Å². The standard InChI is InChI=1S/C15H20N4O2.HI/c1-19-8-4-5-11(19)10-17-15(16)18-13-9-12(20-2)6-7-14(13)21-3;/h4-9H,10H2,1-3H3,(H3,16,17,18);1H. The van der Waals surface area contributed by atoms with Crippen LogP contribution in [-0.4, -0.2) is 24.7 Å². The average Bonchev–Trinajstić information content (AvgIpc) is 2.90. The summed E-state index contributed by atoms with van der Waals surface area (Å²) in [6, 6.07) is 9.42. The van der Waals surface area contributed by atoms with Crippen LogP contribution in [0.1, 0.15) is 5.69 Å². The van der Waals surface area contributed by atoms with Gasteiger partial charge in [0.1, 0.15) is 11.5 Å². The third-order valence-corrected chi connectivity index (χ3v) is 3.13. The van der Waals surface area contributed by atoms with Gasteiger partial charge in [0.05, 0.1) is 26.5 Å². The summed E-state index contributed by atoms with van der Waals surface area (Å²) in [5.41, 5.74) is 7.71. The van der Waals surface area contributed by atoms with Crippen LogP contribution in [0.4, 0.5) is 5.69 Å². The molecule has 2 rings (SSSR count). The zero-order valence-electron chi connectivity index (χ0n) is 12.9. The summed E-state index contributed by atoms with van der Waals surface area (Å²) < 4.78 is 12.5. The molecule has 1 aromatic carbocycles. The number of anilines is 1. The van der Waals surface area contributed by atoms with E-state index in [9.17, 15) is 0 Å². The van der Waals surface area contributed by atoms with Gasteiger partial charge in [-0.2, -0.15) is 0 Å². The fraction of sp³-hybridized carbons (Fsp3) is 0.267. The molecule has 0 aliphatic carbocycles. The van der Waals surface area contributed by atoms with Gasteiger partial charge in [-0.25, -0.2) is 4.99 Å². The van der Waals surface area contributed by atoms with Crippen molar-refractivity contribution in [2.24, 2.45) is 17.8 Å². The molecule has 0 saturated carbocycles. The van der Waals surface area contributed by atoms with Gasteiger partial charge in [0.2, 0.25) is 0 Å². The topological polar surface area (TPSA) is 73.8 Å². The van der Waals surface area contributed by atoms with E-state index < -0.39 is 0 Å². The summed E-state index contributed by atoms with van der Waals surface area (Å²) in [5, 5.41) is 3.03. The lowest BCUT2D eigenvalue weighted by Crippen LogP contribution is -2.23. The normalized spacial score (nSPS) is 10.8. The first-order valence-corrected chi connectivity index (χ1v) is 6.53. The zero-order chi connectivity index (χ0) is 15.2. The molecule has 0 aliphatic rings. The van der Waals surface area contributed by atoms with Crippen molar-refractivity contribution < 1.29 is 9.47 Å². The van der Waals surface area contributed by atoms with Crippen molar-refractivity contribution in [1.82, 2.24) is 4.57 Å². The van der Waals surface area contributed by atoms with E-state index >= 15 is 0 Å². The number of nitrogens with zero attached hydrogens (tertiary/aromatic N) is 2. The number of halogens is 1. The maximum atomic E-state index is 5.92. The van der Waals surface area contributed by atoms with Crippen LogP contribution in [0.15, 0.2) is 41.5 Å². The first-order valence-electron chi connectivity index (χ1n) is 6.53. The number of methoxy groups -OCH3 is 2. The van der Waals surface area contributed by atoms with E-state index in [1.807, 2.05) is 48.1 Å². The van der Waals surface area contributed by atoms with Crippen molar-refractivity contribution >= 4 is 35.6 Å². The van der Waals surface area contributed by atoms with E-state index in [-0.39, 0.29) is 24.0 Å². The number of benzene rings is 1. The van der Waals surface area contributed by atoms with E-state index in [0.717, 1.165) is 5.69 Å². The van der Waals surface area contributed by atoms with Crippen molar-refractivity contribution in [3.8, 4) is 11.5 Å². The van der Waals surface area contributed by atoms with Crippen molar-refractivity contribution in [3.63, 3.8) is 0 Å². The molecule has 120 valence electrons. The lowest BCUT2D eigenvalue weighted by molar-refractivity contribution is 0.405. The number of aliphatic imine (C=N–C) groups is 1. The zero-order valence-corrected chi connectivity index (χ0v) is 15.2. The van der Waals surface area contributed by atoms with Crippen molar-refractivity contribution in [3.05, 3.63) is 42.2 Å². The van der Waals surface area contributed by atoms with Crippen LogP contribution in [0.5, 0.6) is 11.5 Å². The number of hydrogen-bond acceptors (Lipinski definition) is 3. The summed E-state index contributed by atoms with van der Waals surface area (Å²) in [6.45, 7) is 0.509. The fourth-order valence-corrected chi connectivity index (χ4v) is 1.92. The maximum Gasteiger partial charge on any atom is 0.193 e. The van der Waals surface area contributed by atoms with Gasteiger partial charge in [-0.3, -0.25) is 0 Å². The second-order valence-corrected chi connectivity index (χ2v) is 4.50. The minimum Gasteiger partial charge on any atom is -0.497 e. The molecule has 1 aromatic heterocycles. The summed E-state index contributed by atoms with van der Waals surface area (Å²) in [5.74, 6) is 1.71. The molecule has 7 heteroatoms. The van der Waals surface area contributed by atoms with E-state index in [1.54, 1.807) is 14.2 Å². The Balaban J connectivity index is 0.00000242. The molecular formula is C15H21IN4O2. The Morgan fingerprint density at radius 2 is 2.05 bits per heavy atom. The number of nitrogens with two attached hydrogens (primary N) is 1. The molecule has 0 fully saturated rings. The predicted octanol–water partition coefficient (Wildman–Crippen LogP) is 2.59. The third kappa shape index (κ3) is 4.55. The van der Waals surface area contributed by atoms with Gasteiger partial charge in [-0.05, 0) is 24.3 Å². The number of hydrogen-bond donors (Lipinski definition) is 2. The highest BCUT2D eigenvalue weighted by atomic mass is 127. The Morgan fingerprint density at radius 3 is 2.64 bits per heavy atom. The summed E-state index contributed by atoms with van der Waals surface area (Å²) in [4.78, 5) is 4.32. The number of guanidine groups is 1. The molecule has 6 nitrogen and oxygen atoms in total. The van der Waals surface area contributed by atoms with Crippen LogP contribution in [0.3, 0.4) is 0 Å². The average molecular weight is 416 g/mol. The van der Waals surface area contributed by atoms with Gasteiger partial charge in [-0.15, -0.1) is 24.0 Å². The van der Waals surface area contributed by atoms with Crippen LogP contribution < -0.4 is 20.5 Å². The largest absolute Gasteiger partial charge is 0.497 e. The Hall–Kier alpha value is -1.90. The van der Waals surface area contributed by atoms with Crippen LogP contribution in [-0.2, 0) is 13.6 Å². The Bertz CT molecular complexity index is 640. The molecule has 0 radical (unpaired) electrons. The van der Waals surface area contributed by atoms with Crippen LogP contribution in [0, 0.1) is 0 Å². The number of rotatable bonds is 5. The number of nitrogens with one attached hydrogen (secondary N) is 1. The number of ether oxygens (including phenoxy) is 2. The van der Waals surface area contributed by atoms with E-state index in [4.69, 9.17) is 15.2 Å². The highest BCUT2D eigenvalue weighted by molar-refractivity contribution is 14.0. The first kappa shape index (κ1) is 18.1. The lowest BCUT2D eigenvalue weighted by Gasteiger charge is -2.12. The molecule has 0 unspecified atom stereocenters. The van der Waals surface area contributed by atoms with Crippen LogP contribution >= 0.6 is 24.0 Å². The van der Waals surface area contributed by atoms with E-state index in [1.165, 1.54) is 0 Å². The third-order valence-electron chi connectivity index (χ3n) is 3.13.